The second-order valence-corrected chi connectivity index (χ2v) is 3.02. The highest BCUT2D eigenvalue weighted by Gasteiger charge is 2.19. The van der Waals surface area contributed by atoms with Crippen LogP contribution >= 0.6 is 24.8 Å². The summed E-state index contributed by atoms with van der Waals surface area (Å²) in [6.45, 7) is 3.89. The van der Waals surface area contributed by atoms with Gasteiger partial charge in [0.2, 0.25) is 5.88 Å². The number of hydrogen-bond donors (Lipinski definition) is 1. The second-order valence-electron chi connectivity index (χ2n) is 3.02. The summed E-state index contributed by atoms with van der Waals surface area (Å²) in [6, 6.07) is 3.93. The van der Waals surface area contributed by atoms with Gasteiger partial charge in [-0.15, -0.1) is 24.8 Å². The Hall–Kier alpha value is -0.510. The number of pyridine rings is 1. The Labute approximate surface area is 96.1 Å². The highest BCUT2D eigenvalue weighted by molar-refractivity contribution is 5.85. The fraction of sp³-hybridized carbons (Fsp3) is 0.444. The van der Waals surface area contributed by atoms with E-state index in [0.29, 0.717) is 6.10 Å². The largest absolute Gasteiger partial charge is 0.471 e. The molecule has 1 saturated heterocycles. The minimum atomic E-state index is 0. The van der Waals surface area contributed by atoms with Gasteiger partial charge in [0.15, 0.2) is 0 Å². The van der Waals surface area contributed by atoms with Crippen molar-refractivity contribution in [2.45, 2.75) is 13.0 Å². The Kier molecular flexibility index (Phi) is 5.84. The summed E-state index contributed by atoms with van der Waals surface area (Å²) in [6.07, 6.45) is 2.08. The molecule has 0 spiro atoms. The van der Waals surface area contributed by atoms with Crippen LogP contribution in [-0.4, -0.2) is 24.2 Å². The van der Waals surface area contributed by atoms with Crippen molar-refractivity contribution in [3.63, 3.8) is 0 Å². The van der Waals surface area contributed by atoms with Crippen molar-refractivity contribution in [2.75, 3.05) is 13.1 Å². The maximum atomic E-state index is 5.61. The third kappa shape index (κ3) is 3.01. The Morgan fingerprint density at radius 2 is 2.14 bits per heavy atom. The van der Waals surface area contributed by atoms with E-state index in [0.717, 1.165) is 24.5 Å². The number of aryl methyl sites for hydroxylation is 1. The summed E-state index contributed by atoms with van der Waals surface area (Å²) in [7, 11) is 0. The molecule has 2 rings (SSSR count). The van der Waals surface area contributed by atoms with E-state index >= 15 is 0 Å². The van der Waals surface area contributed by atoms with E-state index < -0.39 is 0 Å². The molecular formula is C9H14Cl2N2O. The maximum absolute atomic E-state index is 5.61. The van der Waals surface area contributed by atoms with Crippen molar-refractivity contribution in [1.29, 1.82) is 0 Å². The number of nitrogens with zero attached hydrogens (tertiary/aromatic N) is 1. The van der Waals surface area contributed by atoms with Crippen LogP contribution in [0.5, 0.6) is 5.88 Å². The molecule has 0 unspecified atom stereocenters. The van der Waals surface area contributed by atoms with Crippen LogP contribution < -0.4 is 10.1 Å². The first kappa shape index (κ1) is 13.5. The summed E-state index contributed by atoms with van der Waals surface area (Å²) < 4.78 is 5.61. The van der Waals surface area contributed by atoms with Crippen molar-refractivity contribution in [3.8, 4) is 5.88 Å². The number of hydrogen-bond acceptors (Lipinski definition) is 3. The zero-order valence-corrected chi connectivity index (χ0v) is 9.53. The van der Waals surface area contributed by atoms with Gasteiger partial charge in [-0.3, -0.25) is 0 Å². The van der Waals surface area contributed by atoms with E-state index in [1.54, 1.807) is 6.20 Å². The van der Waals surface area contributed by atoms with Gasteiger partial charge in [0.1, 0.15) is 6.10 Å². The zero-order chi connectivity index (χ0) is 8.39. The third-order valence-electron chi connectivity index (χ3n) is 1.98. The SMILES string of the molecule is Cc1cccnc1OC1CNC1.Cl.Cl. The molecule has 0 amide bonds. The summed E-state index contributed by atoms with van der Waals surface area (Å²) in [5.74, 6) is 0.768. The first-order valence-electron chi connectivity index (χ1n) is 4.15. The van der Waals surface area contributed by atoms with E-state index in [2.05, 4.69) is 10.3 Å². The van der Waals surface area contributed by atoms with Gasteiger partial charge < -0.3 is 10.1 Å². The predicted octanol–water partition coefficient (Wildman–Crippen LogP) is 1.58. The molecule has 0 saturated carbocycles. The molecule has 1 aliphatic heterocycles. The average molecular weight is 237 g/mol. The molecule has 0 atom stereocenters. The molecule has 0 radical (unpaired) electrons. The molecule has 1 N–H and O–H groups in total. The van der Waals surface area contributed by atoms with Crippen molar-refractivity contribution >= 4 is 24.8 Å². The molecule has 1 aromatic rings. The molecule has 1 aromatic heterocycles. The van der Waals surface area contributed by atoms with Crippen molar-refractivity contribution in [2.24, 2.45) is 0 Å². The van der Waals surface area contributed by atoms with Crippen LogP contribution in [0, 0.1) is 6.92 Å². The minimum Gasteiger partial charge on any atom is -0.471 e. The van der Waals surface area contributed by atoms with Crippen LogP contribution in [0.1, 0.15) is 5.56 Å². The highest BCUT2D eigenvalue weighted by atomic mass is 35.5. The monoisotopic (exact) mass is 236 g/mol. The number of rotatable bonds is 2. The standard InChI is InChI=1S/C9H12N2O.2ClH/c1-7-3-2-4-11-9(7)12-8-5-10-6-8;;/h2-4,8,10H,5-6H2,1H3;2*1H. The Morgan fingerprint density at radius 1 is 1.43 bits per heavy atom. The number of ether oxygens (including phenoxy) is 1. The Bertz CT molecular complexity index is 279. The maximum Gasteiger partial charge on any atom is 0.216 e. The van der Waals surface area contributed by atoms with E-state index in [9.17, 15) is 0 Å². The average Bonchev–Trinajstić information content (AvgIpc) is 2.00. The smallest absolute Gasteiger partial charge is 0.216 e. The fourth-order valence-electron chi connectivity index (χ4n) is 1.10. The summed E-state index contributed by atoms with van der Waals surface area (Å²) in [5.41, 5.74) is 1.10. The van der Waals surface area contributed by atoms with Gasteiger partial charge in [0.05, 0.1) is 0 Å². The van der Waals surface area contributed by atoms with Gasteiger partial charge in [-0.05, 0) is 13.0 Å². The Balaban J connectivity index is 0.000000845. The van der Waals surface area contributed by atoms with Crippen LogP contribution in [0.25, 0.3) is 0 Å². The van der Waals surface area contributed by atoms with Crippen molar-refractivity contribution in [3.05, 3.63) is 23.9 Å². The predicted molar refractivity (Wildman–Crippen MR) is 60.8 cm³/mol. The quantitative estimate of drug-likeness (QED) is 0.848. The second kappa shape index (κ2) is 6.06. The molecule has 2 heterocycles. The third-order valence-corrected chi connectivity index (χ3v) is 1.98. The number of aromatic nitrogens is 1. The van der Waals surface area contributed by atoms with Crippen LogP contribution in [-0.2, 0) is 0 Å². The lowest BCUT2D eigenvalue weighted by molar-refractivity contribution is 0.135. The minimum absolute atomic E-state index is 0. The van der Waals surface area contributed by atoms with Crippen molar-refractivity contribution in [1.82, 2.24) is 10.3 Å². The molecular weight excluding hydrogens is 223 g/mol. The van der Waals surface area contributed by atoms with Gasteiger partial charge in [0.25, 0.3) is 0 Å². The molecule has 1 aliphatic rings. The first-order valence-corrected chi connectivity index (χ1v) is 4.15. The lowest BCUT2D eigenvalue weighted by atomic mass is 10.2. The van der Waals surface area contributed by atoms with Crippen molar-refractivity contribution < 1.29 is 4.74 Å². The van der Waals surface area contributed by atoms with E-state index in [1.165, 1.54) is 0 Å². The first-order chi connectivity index (χ1) is 5.86. The molecule has 1 fully saturated rings. The number of halogens is 2. The summed E-state index contributed by atoms with van der Waals surface area (Å²) in [4.78, 5) is 4.15. The van der Waals surface area contributed by atoms with Gasteiger partial charge in [-0.1, -0.05) is 6.07 Å². The van der Waals surface area contributed by atoms with Gasteiger partial charge >= 0.3 is 0 Å². The normalized spacial score (nSPS) is 14.6. The van der Waals surface area contributed by atoms with Gasteiger partial charge in [-0.2, -0.15) is 0 Å². The fourth-order valence-corrected chi connectivity index (χ4v) is 1.10. The lowest BCUT2D eigenvalue weighted by Gasteiger charge is -2.27. The van der Waals surface area contributed by atoms with Crippen LogP contribution in [0.4, 0.5) is 0 Å². The van der Waals surface area contributed by atoms with Gasteiger partial charge in [-0.25, -0.2) is 4.98 Å². The highest BCUT2D eigenvalue weighted by Crippen LogP contribution is 2.14. The zero-order valence-electron chi connectivity index (χ0n) is 7.90. The topological polar surface area (TPSA) is 34.1 Å². The Morgan fingerprint density at radius 3 is 2.64 bits per heavy atom. The molecule has 3 nitrogen and oxygen atoms in total. The van der Waals surface area contributed by atoms with Crippen LogP contribution in [0.15, 0.2) is 18.3 Å². The summed E-state index contributed by atoms with van der Waals surface area (Å²) in [5, 5.41) is 3.15. The molecule has 80 valence electrons. The molecule has 0 aromatic carbocycles. The van der Waals surface area contributed by atoms with Crippen LogP contribution in [0.2, 0.25) is 0 Å². The molecule has 0 bridgehead atoms. The number of nitrogens with one attached hydrogen (secondary N) is 1. The van der Waals surface area contributed by atoms with E-state index in [1.807, 2.05) is 19.1 Å². The molecule has 14 heavy (non-hydrogen) atoms. The van der Waals surface area contributed by atoms with Crippen LogP contribution in [0.3, 0.4) is 0 Å². The summed E-state index contributed by atoms with van der Waals surface area (Å²) >= 11 is 0. The molecule has 0 aliphatic carbocycles. The lowest BCUT2D eigenvalue weighted by Crippen LogP contribution is -2.50. The van der Waals surface area contributed by atoms with Gasteiger partial charge in [0, 0.05) is 24.8 Å². The molecule has 5 heteroatoms. The van der Waals surface area contributed by atoms with E-state index in [-0.39, 0.29) is 24.8 Å². The van der Waals surface area contributed by atoms with E-state index in [4.69, 9.17) is 4.74 Å².